The van der Waals surface area contributed by atoms with E-state index >= 15 is 0 Å². The zero-order valence-corrected chi connectivity index (χ0v) is 10.9. The van der Waals surface area contributed by atoms with E-state index in [0.29, 0.717) is 0 Å². The lowest BCUT2D eigenvalue weighted by Crippen LogP contribution is -1.85. The van der Waals surface area contributed by atoms with Crippen molar-refractivity contribution in [2.45, 2.75) is 0 Å². The fraction of sp³-hybridized carbons (Fsp3) is 0. The van der Waals surface area contributed by atoms with E-state index in [-0.39, 0.29) is 0 Å². The quantitative estimate of drug-likeness (QED) is 0.770. The number of halogens is 2. The molecule has 0 heterocycles. The van der Waals surface area contributed by atoms with Crippen LogP contribution in [-0.4, -0.2) is 0 Å². The minimum Gasteiger partial charge on any atom is -0.456 e. The highest BCUT2D eigenvalue weighted by molar-refractivity contribution is 9.13. The molecule has 0 N–H and O–H groups in total. The molecule has 0 aliphatic carbocycles. The van der Waals surface area contributed by atoms with Gasteiger partial charge >= 0.3 is 0 Å². The van der Waals surface area contributed by atoms with Crippen molar-refractivity contribution < 1.29 is 4.74 Å². The van der Waals surface area contributed by atoms with Gasteiger partial charge in [0.05, 0.1) is 4.47 Å². The van der Waals surface area contributed by atoms with Crippen LogP contribution in [0, 0.1) is 6.07 Å². The number of ether oxygens (including phenoxy) is 1. The summed E-state index contributed by atoms with van der Waals surface area (Å²) < 4.78 is 7.56. The summed E-state index contributed by atoms with van der Waals surface area (Å²) in [4.78, 5) is 0. The minimum absolute atomic E-state index is 0.774. The molecule has 1 nitrogen and oxygen atoms in total. The maximum absolute atomic E-state index is 5.68. The highest BCUT2D eigenvalue weighted by Crippen LogP contribution is 2.34. The largest absolute Gasteiger partial charge is 0.456 e. The van der Waals surface area contributed by atoms with Gasteiger partial charge in [-0.2, -0.15) is 0 Å². The first-order valence-corrected chi connectivity index (χ1v) is 5.94. The van der Waals surface area contributed by atoms with Crippen molar-refractivity contribution in [3.63, 3.8) is 0 Å². The summed E-state index contributed by atoms with van der Waals surface area (Å²) in [5.41, 5.74) is 0. The summed E-state index contributed by atoms with van der Waals surface area (Å²) in [5.74, 6) is 1.56. The Hall–Kier alpha value is -0.800. The van der Waals surface area contributed by atoms with Crippen LogP contribution >= 0.6 is 31.9 Å². The summed E-state index contributed by atoms with van der Waals surface area (Å²) in [6.45, 7) is 0. The van der Waals surface area contributed by atoms with Crippen LogP contribution in [0.1, 0.15) is 0 Å². The van der Waals surface area contributed by atoms with Crippen LogP contribution in [-0.2, 0) is 0 Å². The van der Waals surface area contributed by atoms with E-state index in [2.05, 4.69) is 37.9 Å². The first-order chi connectivity index (χ1) is 7.27. The standard InChI is InChI=1S/C12H7Br2O/c13-10-7-4-8-11(12(10)14)15-9-5-2-1-3-6-9/h1-2,4-8H. The number of hydrogen-bond donors (Lipinski definition) is 0. The van der Waals surface area contributed by atoms with Crippen LogP contribution in [0.2, 0.25) is 0 Å². The molecule has 1 radical (unpaired) electrons. The Labute approximate surface area is 105 Å². The zero-order valence-electron chi connectivity index (χ0n) is 7.71. The first kappa shape index (κ1) is 10.7. The molecule has 0 fully saturated rings. The van der Waals surface area contributed by atoms with Crippen molar-refractivity contribution in [3.8, 4) is 11.5 Å². The summed E-state index contributed by atoms with van der Waals surface area (Å²) in [6, 6.07) is 16.2. The second-order valence-corrected chi connectivity index (χ2v) is 4.54. The molecule has 2 rings (SSSR count). The predicted octanol–water partition coefficient (Wildman–Crippen LogP) is 4.80. The Bertz CT molecular complexity index is 454. The van der Waals surface area contributed by atoms with E-state index in [0.717, 1.165) is 20.4 Å². The Morgan fingerprint density at radius 2 is 1.93 bits per heavy atom. The molecule has 0 aliphatic heterocycles. The summed E-state index contributed by atoms with van der Waals surface area (Å²) in [7, 11) is 0. The zero-order chi connectivity index (χ0) is 10.7. The van der Waals surface area contributed by atoms with Gasteiger partial charge < -0.3 is 4.74 Å². The number of benzene rings is 2. The molecule has 0 saturated heterocycles. The lowest BCUT2D eigenvalue weighted by Gasteiger charge is -2.07. The first-order valence-electron chi connectivity index (χ1n) is 4.35. The molecule has 0 aliphatic rings. The second-order valence-electron chi connectivity index (χ2n) is 2.89. The minimum atomic E-state index is 0.774. The predicted molar refractivity (Wildman–Crippen MR) is 67.2 cm³/mol. The normalized spacial score (nSPS) is 10.0. The summed E-state index contributed by atoms with van der Waals surface area (Å²) >= 11 is 6.88. The van der Waals surface area contributed by atoms with Gasteiger partial charge in [-0.3, -0.25) is 0 Å². The van der Waals surface area contributed by atoms with E-state index in [4.69, 9.17) is 4.74 Å². The number of rotatable bonds is 2. The average Bonchev–Trinajstić information content (AvgIpc) is 2.26. The van der Waals surface area contributed by atoms with E-state index in [1.807, 2.05) is 36.4 Å². The van der Waals surface area contributed by atoms with Crippen molar-refractivity contribution in [2.75, 3.05) is 0 Å². The van der Waals surface area contributed by atoms with Crippen LogP contribution in [0.3, 0.4) is 0 Å². The monoisotopic (exact) mass is 325 g/mol. The second kappa shape index (κ2) is 4.81. The van der Waals surface area contributed by atoms with Crippen molar-refractivity contribution in [1.29, 1.82) is 0 Å². The maximum atomic E-state index is 5.68. The van der Waals surface area contributed by atoms with Gasteiger partial charge in [-0.25, -0.2) is 0 Å². The van der Waals surface area contributed by atoms with Gasteiger partial charge in [-0.05, 0) is 62.2 Å². The molecule has 0 bridgehead atoms. The Morgan fingerprint density at radius 3 is 2.67 bits per heavy atom. The molecule has 15 heavy (non-hydrogen) atoms. The maximum Gasteiger partial charge on any atom is 0.142 e. The van der Waals surface area contributed by atoms with Crippen LogP contribution in [0.15, 0.2) is 51.4 Å². The van der Waals surface area contributed by atoms with Gasteiger partial charge in [-0.15, -0.1) is 0 Å². The SMILES string of the molecule is Brc1cccc(Oc2c[c]ccc2)c1Br. The van der Waals surface area contributed by atoms with E-state index in [1.54, 1.807) is 6.07 Å². The molecule has 0 aromatic heterocycles. The third-order valence-corrected chi connectivity index (χ3v) is 3.83. The Balaban J connectivity index is 2.29. The van der Waals surface area contributed by atoms with Crippen molar-refractivity contribution in [2.24, 2.45) is 0 Å². The molecule has 2 aromatic rings. The van der Waals surface area contributed by atoms with Crippen LogP contribution < -0.4 is 4.74 Å². The van der Waals surface area contributed by atoms with E-state index in [9.17, 15) is 0 Å². The topological polar surface area (TPSA) is 9.23 Å². The highest BCUT2D eigenvalue weighted by atomic mass is 79.9. The molecular weight excluding hydrogens is 320 g/mol. The molecule has 3 heteroatoms. The van der Waals surface area contributed by atoms with Gasteiger partial charge in [-0.1, -0.05) is 18.2 Å². The third-order valence-electron chi connectivity index (χ3n) is 1.82. The average molecular weight is 327 g/mol. The van der Waals surface area contributed by atoms with Gasteiger partial charge in [0.15, 0.2) is 0 Å². The molecule has 0 atom stereocenters. The Kier molecular flexibility index (Phi) is 3.44. The summed E-state index contributed by atoms with van der Waals surface area (Å²) in [5, 5.41) is 0. The van der Waals surface area contributed by atoms with Crippen molar-refractivity contribution in [3.05, 3.63) is 57.5 Å². The van der Waals surface area contributed by atoms with Crippen LogP contribution in [0.4, 0.5) is 0 Å². The molecule has 75 valence electrons. The molecular formula is C12H7Br2O. The van der Waals surface area contributed by atoms with Gasteiger partial charge in [0.2, 0.25) is 0 Å². The van der Waals surface area contributed by atoms with E-state index in [1.165, 1.54) is 0 Å². The van der Waals surface area contributed by atoms with Gasteiger partial charge in [0.1, 0.15) is 11.5 Å². The molecule has 0 saturated carbocycles. The third kappa shape index (κ3) is 2.61. The van der Waals surface area contributed by atoms with Crippen molar-refractivity contribution >= 4 is 31.9 Å². The highest BCUT2D eigenvalue weighted by Gasteiger charge is 2.04. The summed E-state index contributed by atoms with van der Waals surface area (Å²) in [6.07, 6.45) is 0. The fourth-order valence-electron chi connectivity index (χ4n) is 1.13. The van der Waals surface area contributed by atoms with Crippen LogP contribution in [0.25, 0.3) is 0 Å². The molecule has 0 unspecified atom stereocenters. The lowest BCUT2D eigenvalue weighted by atomic mass is 10.3. The smallest absolute Gasteiger partial charge is 0.142 e. The van der Waals surface area contributed by atoms with Gasteiger partial charge in [0, 0.05) is 4.47 Å². The number of hydrogen-bond acceptors (Lipinski definition) is 1. The lowest BCUT2D eigenvalue weighted by molar-refractivity contribution is 0.479. The fourth-order valence-corrected chi connectivity index (χ4v) is 1.82. The van der Waals surface area contributed by atoms with E-state index < -0.39 is 0 Å². The van der Waals surface area contributed by atoms with Crippen molar-refractivity contribution in [1.82, 2.24) is 0 Å². The van der Waals surface area contributed by atoms with Crippen LogP contribution in [0.5, 0.6) is 11.5 Å². The molecule has 2 aromatic carbocycles. The van der Waals surface area contributed by atoms with Gasteiger partial charge in [0.25, 0.3) is 0 Å². The Morgan fingerprint density at radius 1 is 1.07 bits per heavy atom. The molecule has 0 spiro atoms. The molecule has 0 amide bonds.